The predicted molar refractivity (Wildman–Crippen MR) is 101 cm³/mol. The number of hydrogen-bond acceptors (Lipinski definition) is 2. The Hall–Kier alpha value is -2.49. The lowest BCUT2D eigenvalue weighted by molar-refractivity contribution is 0.381. The van der Waals surface area contributed by atoms with Crippen molar-refractivity contribution in [1.29, 1.82) is 0 Å². The van der Waals surface area contributed by atoms with E-state index < -0.39 is 0 Å². The van der Waals surface area contributed by atoms with Gasteiger partial charge in [-0.25, -0.2) is 4.99 Å². The molecule has 0 aliphatic carbocycles. The van der Waals surface area contributed by atoms with Crippen LogP contribution in [0.25, 0.3) is 21.9 Å². The maximum atomic E-state index is 5.89. The van der Waals surface area contributed by atoms with Crippen molar-refractivity contribution in [3.05, 3.63) is 48.0 Å². The smallest absolute Gasteiger partial charge is 0.186 e. The Bertz CT molecular complexity index is 888. The molecular formula is C20H25N3O. The second-order valence-corrected chi connectivity index (χ2v) is 7.29. The van der Waals surface area contributed by atoms with Crippen molar-refractivity contribution >= 4 is 27.9 Å². The van der Waals surface area contributed by atoms with Crippen LogP contribution >= 0.6 is 0 Å². The lowest BCUT2D eigenvalue weighted by Crippen LogP contribution is -2.31. The van der Waals surface area contributed by atoms with Gasteiger partial charge in [-0.1, -0.05) is 31.2 Å². The van der Waals surface area contributed by atoms with Gasteiger partial charge in [-0.2, -0.15) is 0 Å². The summed E-state index contributed by atoms with van der Waals surface area (Å²) in [5.74, 6) is 0.622. The Morgan fingerprint density at radius 2 is 1.79 bits per heavy atom. The second-order valence-electron chi connectivity index (χ2n) is 7.29. The molecule has 0 spiro atoms. The van der Waals surface area contributed by atoms with Crippen molar-refractivity contribution in [3.8, 4) is 0 Å². The zero-order chi connectivity index (χ0) is 17.3. The van der Waals surface area contributed by atoms with E-state index in [0.717, 1.165) is 24.0 Å². The molecule has 0 amide bonds. The summed E-state index contributed by atoms with van der Waals surface area (Å²) in [5, 5.41) is 2.35. The minimum absolute atomic E-state index is 0.151. The van der Waals surface area contributed by atoms with Crippen LogP contribution in [0, 0.1) is 5.92 Å². The molecule has 3 rings (SSSR count). The van der Waals surface area contributed by atoms with Crippen LogP contribution in [0.5, 0.6) is 0 Å². The van der Waals surface area contributed by atoms with Gasteiger partial charge < -0.3 is 15.9 Å². The van der Waals surface area contributed by atoms with Gasteiger partial charge in [-0.05, 0) is 56.4 Å². The van der Waals surface area contributed by atoms with Gasteiger partial charge in [0, 0.05) is 10.8 Å². The maximum absolute atomic E-state index is 5.89. The summed E-state index contributed by atoms with van der Waals surface area (Å²) in [6.07, 6.45) is 1.91. The topological polar surface area (TPSA) is 77.5 Å². The number of aliphatic imine (C=N–C) groups is 1. The first-order valence-electron chi connectivity index (χ1n) is 8.35. The molecular weight excluding hydrogens is 298 g/mol. The van der Waals surface area contributed by atoms with Crippen LogP contribution in [0.4, 0.5) is 0 Å². The third-order valence-corrected chi connectivity index (χ3v) is 4.31. The van der Waals surface area contributed by atoms with Gasteiger partial charge >= 0.3 is 0 Å². The number of nitrogens with zero attached hydrogens (tertiary/aromatic N) is 1. The Kier molecular flexibility index (Phi) is 4.22. The molecule has 4 nitrogen and oxygen atoms in total. The highest BCUT2D eigenvalue weighted by Gasteiger charge is 2.21. The van der Waals surface area contributed by atoms with Gasteiger partial charge in [0.2, 0.25) is 0 Å². The van der Waals surface area contributed by atoms with Gasteiger partial charge in [-0.3, -0.25) is 0 Å². The predicted octanol–water partition coefficient (Wildman–Crippen LogP) is 4.21. The Balaban J connectivity index is 1.82. The highest BCUT2D eigenvalue weighted by atomic mass is 16.3. The zero-order valence-corrected chi connectivity index (χ0v) is 14.5. The summed E-state index contributed by atoms with van der Waals surface area (Å²) >= 11 is 0. The SMILES string of the molecule is CC(Cc1ccc2oc3ccccc3c2c1)CC(C)(C)N=C(N)N. The summed E-state index contributed by atoms with van der Waals surface area (Å²) in [4.78, 5) is 4.33. The van der Waals surface area contributed by atoms with E-state index in [-0.39, 0.29) is 11.5 Å². The normalized spacial score (nSPS) is 13.3. The number of guanidine groups is 1. The minimum Gasteiger partial charge on any atom is -0.456 e. The van der Waals surface area contributed by atoms with Gasteiger partial charge in [0.15, 0.2) is 5.96 Å². The fourth-order valence-corrected chi connectivity index (χ4v) is 3.62. The molecule has 3 aromatic rings. The molecule has 0 fully saturated rings. The second kappa shape index (κ2) is 6.19. The summed E-state index contributed by atoms with van der Waals surface area (Å²) in [7, 11) is 0. The molecule has 4 heteroatoms. The van der Waals surface area contributed by atoms with Crippen LogP contribution in [0.3, 0.4) is 0 Å². The van der Waals surface area contributed by atoms with Crippen molar-refractivity contribution in [1.82, 2.24) is 0 Å². The first-order valence-corrected chi connectivity index (χ1v) is 8.35. The number of nitrogens with two attached hydrogens (primary N) is 2. The Morgan fingerprint density at radius 1 is 1.08 bits per heavy atom. The van der Waals surface area contributed by atoms with Crippen molar-refractivity contribution < 1.29 is 4.42 Å². The number of fused-ring (bicyclic) bond motifs is 3. The average molecular weight is 323 g/mol. The molecule has 0 saturated heterocycles. The van der Waals surface area contributed by atoms with Crippen LogP contribution < -0.4 is 11.5 Å². The lowest BCUT2D eigenvalue weighted by atomic mass is 9.88. The zero-order valence-electron chi connectivity index (χ0n) is 14.5. The van der Waals surface area contributed by atoms with Crippen molar-refractivity contribution in [2.75, 3.05) is 0 Å². The average Bonchev–Trinajstić information content (AvgIpc) is 2.83. The van der Waals surface area contributed by atoms with Gasteiger partial charge in [0.05, 0.1) is 5.54 Å². The van der Waals surface area contributed by atoms with Crippen LogP contribution in [0.1, 0.15) is 32.8 Å². The summed E-state index contributed by atoms with van der Waals surface area (Å²) in [6, 6.07) is 14.6. The Morgan fingerprint density at radius 3 is 2.54 bits per heavy atom. The van der Waals surface area contributed by atoms with Crippen molar-refractivity contribution in [2.24, 2.45) is 22.4 Å². The van der Waals surface area contributed by atoms with Crippen LogP contribution in [0.2, 0.25) is 0 Å². The number of furan rings is 1. The number of hydrogen-bond donors (Lipinski definition) is 2. The lowest BCUT2D eigenvalue weighted by Gasteiger charge is -2.24. The van der Waals surface area contributed by atoms with E-state index in [1.165, 1.54) is 16.3 Å². The third kappa shape index (κ3) is 3.53. The quantitative estimate of drug-likeness (QED) is 0.545. The number of para-hydroxylation sites is 1. The molecule has 1 unspecified atom stereocenters. The van der Waals surface area contributed by atoms with Gasteiger partial charge in [0.1, 0.15) is 11.2 Å². The molecule has 126 valence electrons. The van der Waals surface area contributed by atoms with Crippen LogP contribution in [-0.4, -0.2) is 11.5 Å². The monoisotopic (exact) mass is 323 g/mol. The first kappa shape index (κ1) is 16.4. The molecule has 1 atom stereocenters. The molecule has 1 aromatic heterocycles. The van der Waals surface area contributed by atoms with Gasteiger partial charge in [0.25, 0.3) is 0 Å². The number of benzene rings is 2. The van der Waals surface area contributed by atoms with Crippen LogP contribution in [0.15, 0.2) is 51.9 Å². The fraction of sp³-hybridized carbons (Fsp3) is 0.350. The highest BCUT2D eigenvalue weighted by Crippen LogP contribution is 2.30. The molecule has 24 heavy (non-hydrogen) atoms. The van der Waals surface area contributed by atoms with E-state index in [9.17, 15) is 0 Å². The highest BCUT2D eigenvalue weighted by molar-refractivity contribution is 6.04. The minimum atomic E-state index is -0.245. The van der Waals surface area contributed by atoms with E-state index in [1.807, 2.05) is 18.2 Å². The van der Waals surface area contributed by atoms with Crippen LogP contribution in [-0.2, 0) is 6.42 Å². The van der Waals surface area contributed by atoms with E-state index in [1.54, 1.807) is 0 Å². The van der Waals surface area contributed by atoms with Gasteiger partial charge in [-0.15, -0.1) is 0 Å². The standard InChI is InChI=1S/C20H25N3O/c1-13(12-20(2,3)23-19(21)22)10-14-8-9-18-16(11-14)15-6-4-5-7-17(15)24-18/h4-9,11,13H,10,12H2,1-3H3,(H4,21,22,23). The number of rotatable bonds is 5. The molecule has 0 aliphatic rings. The largest absolute Gasteiger partial charge is 0.456 e. The third-order valence-electron chi connectivity index (χ3n) is 4.31. The first-order chi connectivity index (χ1) is 11.3. The van der Waals surface area contributed by atoms with E-state index in [2.05, 4.69) is 50.0 Å². The summed E-state index contributed by atoms with van der Waals surface area (Å²) in [6.45, 7) is 6.37. The fourth-order valence-electron chi connectivity index (χ4n) is 3.62. The molecule has 0 aliphatic heterocycles. The van der Waals surface area contributed by atoms with Crippen molar-refractivity contribution in [2.45, 2.75) is 39.2 Å². The van der Waals surface area contributed by atoms with E-state index in [0.29, 0.717) is 5.92 Å². The summed E-state index contributed by atoms with van der Waals surface area (Å²) < 4.78 is 5.89. The maximum Gasteiger partial charge on any atom is 0.186 e. The Labute approximate surface area is 142 Å². The van der Waals surface area contributed by atoms with E-state index >= 15 is 0 Å². The summed E-state index contributed by atoms with van der Waals surface area (Å²) in [5.41, 5.74) is 14.0. The molecule has 0 saturated carbocycles. The molecule has 0 radical (unpaired) electrons. The molecule has 2 aromatic carbocycles. The van der Waals surface area contributed by atoms with Crippen molar-refractivity contribution in [3.63, 3.8) is 0 Å². The molecule has 4 N–H and O–H groups in total. The van der Waals surface area contributed by atoms with E-state index in [4.69, 9.17) is 15.9 Å². The molecule has 1 heterocycles. The molecule has 0 bridgehead atoms.